The zero-order valence-electron chi connectivity index (χ0n) is 7.83. The first-order valence-corrected chi connectivity index (χ1v) is 5.23. The number of nitrogens with zero attached hydrogens (tertiary/aromatic N) is 2. The van der Waals surface area contributed by atoms with Crippen LogP contribution in [-0.4, -0.2) is 9.38 Å². The molecule has 0 aliphatic rings. The second kappa shape index (κ2) is 4.75. The maximum Gasteiger partial charge on any atom is 0.417 e. The van der Waals surface area contributed by atoms with Crippen LogP contribution in [-0.2, 0) is 11.5 Å². The number of hydrogen-bond acceptors (Lipinski definition) is 1. The number of fused-ring (bicyclic) bond motifs is 1. The molecule has 0 fully saturated rings. The standard InChI is InChI=1S/C9H6BrF3N2.BrH/c10-3-7-5-15-4-6(9(11,12)13)1-2-8(15)14-7;/h1-2,4-5H,3H2;1H. The number of halogens is 5. The predicted molar refractivity (Wildman–Crippen MR) is 63.1 cm³/mol. The van der Waals surface area contributed by atoms with Gasteiger partial charge in [0, 0.05) is 17.7 Å². The summed E-state index contributed by atoms with van der Waals surface area (Å²) < 4.78 is 38.5. The molecule has 2 aromatic rings. The van der Waals surface area contributed by atoms with Gasteiger partial charge in [-0.15, -0.1) is 17.0 Å². The van der Waals surface area contributed by atoms with E-state index < -0.39 is 11.7 Å². The molecule has 88 valence electrons. The summed E-state index contributed by atoms with van der Waals surface area (Å²) in [5.41, 5.74) is 0.542. The minimum atomic E-state index is -4.31. The third-order valence-electron chi connectivity index (χ3n) is 1.97. The van der Waals surface area contributed by atoms with Crippen LogP contribution in [0, 0.1) is 0 Å². The third kappa shape index (κ3) is 2.57. The van der Waals surface area contributed by atoms with E-state index >= 15 is 0 Å². The fourth-order valence-corrected chi connectivity index (χ4v) is 1.55. The van der Waals surface area contributed by atoms with Crippen LogP contribution in [0.1, 0.15) is 11.3 Å². The molecule has 0 saturated heterocycles. The highest BCUT2D eigenvalue weighted by molar-refractivity contribution is 9.08. The molecule has 7 heteroatoms. The molecule has 2 aromatic heterocycles. The molecule has 2 rings (SSSR count). The topological polar surface area (TPSA) is 17.3 Å². The Hall–Kier alpha value is -0.560. The van der Waals surface area contributed by atoms with E-state index in [1.807, 2.05) is 0 Å². The van der Waals surface area contributed by atoms with Crippen LogP contribution in [0.15, 0.2) is 24.5 Å². The largest absolute Gasteiger partial charge is 0.417 e. The highest BCUT2D eigenvalue weighted by Crippen LogP contribution is 2.29. The summed E-state index contributed by atoms with van der Waals surface area (Å²) in [7, 11) is 0. The van der Waals surface area contributed by atoms with Crippen molar-refractivity contribution in [3.8, 4) is 0 Å². The molecule has 0 unspecified atom stereocenters. The van der Waals surface area contributed by atoms with Crippen molar-refractivity contribution in [2.45, 2.75) is 11.5 Å². The maximum absolute atomic E-state index is 12.4. The quantitative estimate of drug-likeness (QED) is 0.707. The van der Waals surface area contributed by atoms with Crippen molar-refractivity contribution in [3.63, 3.8) is 0 Å². The van der Waals surface area contributed by atoms with Crippen LogP contribution < -0.4 is 0 Å². The van der Waals surface area contributed by atoms with Crippen LogP contribution in [0.3, 0.4) is 0 Å². The molecule has 16 heavy (non-hydrogen) atoms. The average molecular weight is 360 g/mol. The zero-order chi connectivity index (χ0) is 11.1. The van der Waals surface area contributed by atoms with Crippen molar-refractivity contribution < 1.29 is 13.2 Å². The first-order valence-electron chi connectivity index (χ1n) is 4.11. The lowest BCUT2D eigenvalue weighted by atomic mass is 10.3. The van der Waals surface area contributed by atoms with Gasteiger partial charge in [0.15, 0.2) is 0 Å². The van der Waals surface area contributed by atoms with Crippen molar-refractivity contribution in [3.05, 3.63) is 35.8 Å². The summed E-state index contributed by atoms with van der Waals surface area (Å²) in [6, 6.07) is 2.38. The van der Waals surface area contributed by atoms with Crippen LogP contribution in [0.4, 0.5) is 13.2 Å². The highest BCUT2D eigenvalue weighted by atomic mass is 79.9. The van der Waals surface area contributed by atoms with Gasteiger partial charge in [0.2, 0.25) is 0 Å². The van der Waals surface area contributed by atoms with Gasteiger partial charge in [-0.05, 0) is 12.1 Å². The number of aromatic nitrogens is 2. The van der Waals surface area contributed by atoms with Crippen molar-refractivity contribution in [2.75, 3.05) is 0 Å². The minimum Gasteiger partial charge on any atom is -0.306 e. The summed E-state index contributed by atoms with van der Waals surface area (Å²) in [5.74, 6) is 0. The molecule has 0 radical (unpaired) electrons. The smallest absolute Gasteiger partial charge is 0.306 e. The van der Waals surface area contributed by atoms with Crippen LogP contribution in [0.2, 0.25) is 0 Å². The first-order chi connectivity index (χ1) is 7.00. The molecular weight excluding hydrogens is 353 g/mol. The van der Waals surface area contributed by atoms with E-state index in [-0.39, 0.29) is 17.0 Å². The molecule has 2 heterocycles. The number of alkyl halides is 4. The van der Waals surface area contributed by atoms with E-state index in [0.717, 1.165) is 12.3 Å². The Morgan fingerprint density at radius 3 is 2.50 bits per heavy atom. The van der Waals surface area contributed by atoms with Gasteiger partial charge in [0.25, 0.3) is 0 Å². The highest BCUT2D eigenvalue weighted by Gasteiger charge is 2.30. The zero-order valence-corrected chi connectivity index (χ0v) is 11.1. The lowest BCUT2D eigenvalue weighted by molar-refractivity contribution is -0.137. The lowest BCUT2D eigenvalue weighted by Crippen LogP contribution is -2.05. The van der Waals surface area contributed by atoms with Crippen LogP contribution in [0.5, 0.6) is 0 Å². The van der Waals surface area contributed by atoms with E-state index in [2.05, 4.69) is 20.9 Å². The van der Waals surface area contributed by atoms with Crippen LogP contribution >= 0.6 is 32.9 Å². The Kier molecular flexibility index (Phi) is 4.01. The molecular formula is C9H7Br2F3N2. The lowest BCUT2D eigenvalue weighted by Gasteiger charge is -2.05. The number of hydrogen-bond donors (Lipinski definition) is 0. The SMILES string of the molecule is Br.FC(F)(F)c1ccc2nc(CBr)cn2c1. The molecule has 0 aliphatic carbocycles. The van der Waals surface area contributed by atoms with Crippen molar-refractivity contribution >= 4 is 38.6 Å². The minimum absolute atomic E-state index is 0. The van der Waals surface area contributed by atoms with Gasteiger partial charge in [-0.2, -0.15) is 13.2 Å². The molecule has 0 spiro atoms. The molecule has 0 aromatic carbocycles. The van der Waals surface area contributed by atoms with E-state index in [4.69, 9.17) is 0 Å². The molecule has 0 bridgehead atoms. The van der Waals surface area contributed by atoms with Crippen LogP contribution in [0.25, 0.3) is 5.65 Å². The summed E-state index contributed by atoms with van der Waals surface area (Å²) in [5, 5.41) is 0.524. The summed E-state index contributed by atoms with van der Waals surface area (Å²) in [6.07, 6.45) is -1.71. The maximum atomic E-state index is 12.4. The molecule has 2 nitrogen and oxygen atoms in total. The van der Waals surface area contributed by atoms with Gasteiger partial charge in [-0.3, -0.25) is 0 Å². The molecule has 0 amide bonds. The Morgan fingerprint density at radius 1 is 1.25 bits per heavy atom. The van der Waals surface area contributed by atoms with E-state index in [1.54, 1.807) is 6.20 Å². The third-order valence-corrected chi connectivity index (χ3v) is 2.54. The molecule has 0 aliphatic heterocycles. The van der Waals surface area contributed by atoms with Gasteiger partial charge in [0.1, 0.15) is 5.65 Å². The van der Waals surface area contributed by atoms with Gasteiger partial charge >= 0.3 is 6.18 Å². The number of imidazole rings is 1. The van der Waals surface area contributed by atoms with Crippen molar-refractivity contribution in [1.29, 1.82) is 0 Å². The Morgan fingerprint density at radius 2 is 1.94 bits per heavy atom. The summed E-state index contributed by atoms with van der Waals surface area (Å²) in [6.45, 7) is 0. The number of rotatable bonds is 1. The Bertz CT molecular complexity index is 493. The van der Waals surface area contributed by atoms with Gasteiger partial charge in [-0.1, -0.05) is 15.9 Å². The second-order valence-electron chi connectivity index (χ2n) is 3.05. The van der Waals surface area contributed by atoms with E-state index in [0.29, 0.717) is 16.7 Å². The Balaban J connectivity index is 0.00000128. The number of pyridine rings is 1. The predicted octanol–water partition coefficient (Wildman–Crippen LogP) is 3.83. The Labute approximate surface area is 108 Å². The molecule has 0 saturated carbocycles. The first kappa shape index (κ1) is 13.5. The van der Waals surface area contributed by atoms with Crippen molar-refractivity contribution in [1.82, 2.24) is 9.38 Å². The molecule has 0 atom stereocenters. The van der Waals surface area contributed by atoms with E-state index in [1.165, 1.54) is 10.5 Å². The second-order valence-corrected chi connectivity index (χ2v) is 3.61. The summed E-state index contributed by atoms with van der Waals surface area (Å²) in [4.78, 5) is 4.10. The average Bonchev–Trinajstić information content (AvgIpc) is 2.57. The molecule has 0 N–H and O–H groups in total. The monoisotopic (exact) mass is 358 g/mol. The normalized spacial score (nSPS) is 11.5. The van der Waals surface area contributed by atoms with Gasteiger partial charge < -0.3 is 4.40 Å². The fraction of sp³-hybridized carbons (Fsp3) is 0.222. The van der Waals surface area contributed by atoms with Crippen molar-refractivity contribution in [2.24, 2.45) is 0 Å². The summed E-state index contributed by atoms with van der Waals surface area (Å²) >= 11 is 3.20. The van der Waals surface area contributed by atoms with Gasteiger partial charge in [-0.25, -0.2) is 4.98 Å². The fourth-order valence-electron chi connectivity index (χ4n) is 1.28. The van der Waals surface area contributed by atoms with E-state index in [9.17, 15) is 13.2 Å². The van der Waals surface area contributed by atoms with Gasteiger partial charge in [0.05, 0.1) is 11.3 Å².